The summed E-state index contributed by atoms with van der Waals surface area (Å²) in [5, 5.41) is 1.49. The molecule has 0 saturated carbocycles. The summed E-state index contributed by atoms with van der Waals surface area (Å²) in [5.41, 5.74) is 5.39. The molecule has 0 saturated heterocycles. The van der Waals surface area contributed by atoms with Gasteiger partial charge in [0.05, 0.1) is 5.58 Å². The summed E-state index contributed by atoms with van der Waals surface area (Å²) >= 11 is 0. The molecule has 0 N–H and O–H groups in total. The largest absolute Gasteiger partial charge is 0.486 e. The molecule has 7 aromatic rings. The third-order valence-electron chi connectivity index (χ3n) is 7.99. The zero-order valence-corrected chi connectivity index (χ0v) is 29.9. The molecule has 0 aliphatic carbocycles. The molecular formula is C43H41IrN3O-2. The Bertz CT molecular complexity index is 2430. The summed E-state index contributed by atoms with van der Waals surface area (Å²) < 4.78 is 69.1. The average Bonchev–Trinajstić information content (AvgIpc) is 3.53. The third-order valence-corrected chi connectivity index (χ3v) is 7.99. The molecule has 48 heavy (non-hydrogen) atoms. The number of furan rings is 1. The minimum atomic E-state index is -2.34. The summed E-state index contributed by atoms with van der Waals surface area (Å²) in [6.07, 6.45) is 1.39. The van der Waals surface area contributed by atoms with Crippen molar-refractivity contribution in [3.63, 3.8) is 0 Å². The fourth-order valence-electron chi connectivity index (χ4n) is 5.36. The number of rotatable bonds is 5. The van der Waals surface area contributed by atoms with Gasteiger partial charge in [-0.3, -0.25) is 0 Å². The van der Waals surface area contributed by atoms with E-state index < -0.39 is 25.5 Å². The van der Waals surface area contributed by atoms with Crippen LogP contribution in [-0.2, 0) is 37.3 Å². The van der Waals surface area contributed by atoms with Crippen molar-refractivity contribution in [3.05, 3.63) is 150 Å². The van der Waals surface area contributed by atoms with Gasteiger partial charge in [0.25, 0.3) is 0 Å². The van der Waals surface area contributed by atoms with Crippen LogP contribution in [0.15, 0.2) is 114 Å². The van der Waals surface area contributed by atoms with Crippen LogP contribution in [0, 0.1) is 25.8 Å². The number of hydrogen-bond acceptors (Lipinski definition) is 4. The van der Waals surface area contributed by atoms with Gasteiger partial charge in [0.15, 0.2) is 0 Å². The van der Waals surface area contributed by atoms with Crippen LogP contribution in [0.1, 0.15) is 73.5 Å². The second-order valence-electron chi connectivity index (χ2n) is 13.0. The van der Waals surface area contributed by atoms with Crippen molar-refractivity contribution in [2.45, 2.75) is 65.5 Å². The first-order valence-electron chi connectivity index (χ1n) is 19.4. The molecule has 3 aromatic carbocycles. The van der Waals surface area contributed by atoms with E-state index in [0.717, 1.165) is 27.8 Å². The smallest absolute Gasteiger partial charge is 0.216 e. The topological polar surface area (TPSA) is 51.8 Å². The van der Waals surface area contributed by atoms with Crippen molar-refractivity contribution in [1.29, 1.82) is 0 Å². The van der Waals surface area contributed by atoms with E-state index in [2.05, 4.69) is 47.9 Å². The number of aryl methyl sites for hydroxylation is 2. The molecule has 1 radical (unpaired) electrons. The zero-order chi connectivity index (χ0) is 40.0. The van der Waals surface area contributed by atoms with Crippen molar-refractivity contribution in [2.75, 3.05) is 0 Å². The maximum atomic E-state index is 9.15. The Labute approximate surface area is 309 Å². The summed E-state index contributed by atoms with van der Waals surface area (Å²) in [6.45, 7) is 5.79. The molecule has 0 aliphatic heterocycles. The van der Waals surface area contributed by atoms with E-state index in [0.29, 0.717) is 27.8 Å². The van der Waals surface area contributed by atoms with E-state index in [9.17, 15) is 0 Å². The van der Waals surface area contributed by atoms with E-state index in [1.807, 2.05) is 74.5 Å². The van der Waals surface area contributed by atoms with Crippen molar-refractivity contribution in [2.24, 2.45) is 0 Å². The quantitative estimate of drug-likeness (QED) is 0.162. The van der Waals surface area contributed by atoms with Crippen LogP contribution < -0.4 is 0 Å². The van der Waals surface area contributed by atoms with Crippen molar-refractivity contribution in [1.82, 2.24) is 15.0 Å². The Kier molecular flexibility index (Phi) is 7.64. The number of pyridine rings is 3. The molecule has 4 aromatic heterocycles. The molecule has 0 unspecified atom stereocenters. The fourth-order valence-corrected chi connectivity index (χ4v) is 5.36. The predicted molar refractivity (Wildman–Crippen MR) is 193 cm³/mol. The van der Waals surface area contributed by atoms with Crippen LogP contribution >= 0.6 is 0 Å². The van der Waals surface area contributed by atoms with Gasteiger partial charge < -0.3 is 14.4 Å². The molecule has 245 valence electrons. The molecule has 7 rings (SSSR count). The SMILES string of the molecule is [2H]C([2H])([2H])c1ccc(-c2[c-]cccc2)nc1.[2H]C([2H])([2H])c1ccc2c(n1)oc1c(-c3cc(C(C)(C)C([2H])([2H])c4ccc(C(C)(C)C)cc4)ccn3)[c-]ccc12.[Ir]. The van der Waals surface area contributed by atoms with E-state index in [-0.39, 0.29) is 42.5 Å². The van der Waals surface area contributed by atoms with Crippen LogP contribution in [0.5, 0.6) is 0 Å². The molecule has 4 heterocycles. The van der Waals surface area contributed by atoms with E-state index >= 15 is 0 Å². The monoisotopic (exact) mass is 816 g/mol. The summed E-state index contributed by atoms with van der Waals surface area (Å²) in [6, 6.07) is 35.3. The normalized spacial score (nSPS) is 14.9. The molecule has 5 heteroatoms. The number of hydrogen-bond donors (Lipinski definition) is 0. The van der Waals surface area contributed by atoms with Gasteiger partial charge >= 0.3 is 0 Å². The Hall–Kier alpha value is -4.44. The summed E-state index contributed by atoms with van der Waals surface area (Å²) in [5.74, 6) is 0. The molecule has 0 amide bonds. The molecule has 0 aliphatic rings. The van der Waals surface area contributed by atoms with Crippen LogP contribution in [0.3, 0.4) is 0 Å². The van der Waals surface area contributed by atoms with Gasteiger partial charge in [0, 0.05) is 54.5 Å². The fraction of sp³-hybridized carbons (Fsp3) is 0.233. The Morgan fingerprint density at radius 2 is 1.60 bits per heavy atom. The van der Waals surface area contributed by atoms with Gasteiger partial charge in [-0.1, -0.05) is 88.0 Å². The van der Waals surface area contributed by atoms with Crippen LogP contribution in [-0.4, -0.2) is 15.0 Å². The van der Waals surface area contributed by atoms with Crippen LogP contribution in [0.4, 0.5) is 0 Å². The Morgan fingerprint density at radius 1 is 0.771 bits per heavy atom. The minimum absolute atomic E-state index is 0. The second-order valence-corrected chi connectivity index (χ2v) is 13.0. The Morgan fingerprint density at radius 3 is 2.29 bits per heavy atom. The first kappa shape index (κ1) is 25.6. The minimum Gasteiger partial charge on any atom is -0.486 e. The van der Waals surface area contributed by atoms with Crippen molar-refractivity contribution >= 4 is 22.1 Å². The zero-order valence-electron chi connectivity index (χ0n) is 35.5. The molecule has 0 bridgehead atoms. The molecular weight excluding hydrogens is 767 g/mol. The van der Waals surface area contributed by atoms with Crippen molar-refractivity contribution < 1.29 is 35.5 Å². The number of nitrogens with zero attached hydrogens (tertiary/aromatic N) is 3. The van der Waals surface area contributed by atoms with Crippen LogP contribution in [0.2, 0.25) is 0 Å². The van der Waals surface area contributed by atoms with Crippen molar-refractivity contribution in [3.8, 4) is 22.5 Å². The first-order valence-corrected chi connectivity index (χ1v) is 15.4. The van der Waals surface area contributed by atoms with Gasteiger partial charge in [-0.25, -0.2) is 4.98 Å². The van der Waals surface area contributed by atoms with Gasteiger partial charge in [-0.15, -0.1) is 54.1 Å². The molecule has 0 spiro atoms. The predicted octanol–water partition coefficient (Wildman–Crippen LogP) is 10.8. The van der Waals surface area contributed by atoms with Gasteiger partial charge in [0.1, 0.15) is 0 Å². The van der Waals surface area contributed by atoms with Gasteiger partial charge in [0.2, 0.25) is 5.71 Å². The number of benzene rings is 3. The maximum Gasteiger partial charge on any atom is 0.216 e. The third kappa shape index (κ3) is 7.81. The molecule has 0 fully saturated rings. The summed E-state index contributed by atoms with van der Waals surface area (Å²) in [4.78, 5) is 12.9. The summed E-state index contributed by atoms with van der Waals surface area (Å²) in [7, 11) is 0. The maximum absolute atomic E-state index is 9.15. The molecule has 4 nitrogen and oxygen atoms in total. The van der Waals surface area contributed by atoms with E-state index in [1.165, 1.54) is 12.3 Å². The molecule has 0 atom stereocenters. The van der Waals surface area contributed by atoms with Crippen LogP contribution in [0.25, 0.3) is 44.6 Å². The van der Waals surface area contributed by atoms with Gasteiger partial charge in [-0.2, -0.15) is 0 Å². The van der Waals surface area contributed by atoms with E-state index in [1.54, 1.807) is 36.5 Å². The Balaban J connectivity index is 0.000000295. The average molecular weight is 816 g/mol. The number of aromatic nitrogens is 3. The first-order chi connectivity index (χ1) is 25.7. The van der Waals surface area contributed by atoms with E-state index in [4.69, 9.17) is 15.4 Å². The van der Waals surface area contributed by atoms with Gasteiger partial charge in [-0.05, 0) is 82.7 Å². The number of fused-ring (bicyclic) bond motifs is 3. The standard InChI is InChI=1S/C31H31N2O.C12H10N.Ir/c1-20-10-15-25-24-8-7-9-26(28(24)34-29(25)33-20)27-18-23(16-17-32-27)31(5,6)19-21-11-13-22(14-12-21)30(2,3)4;1-10-7-8-12(13-9-10)11-5-3-2-4-6-11;/h7-8,10-18H,19H2,1-6H3;2-5,7-9H,1H3;/q2*-1;/i1D3,19D2;1D3;. The second kappa shape index (κ2) is 14.4.